The van der Waals surface area contributed by atoms with Gasteiger partial charge >= 0.3 is 0 Å². The van der Waals surface area contributed by atoms with Crippen molar-refractivity contribution in [3.63, 3.8) is 0 Å². The van der Waals surface area contributed by atoms with Gasteiger partial charge in [0.05, 0.1) is 18.2 Å². The number of piperidine rings is 1. The Kier molecular flexibility index (Phi) is 5.97. The average Bonchev–Trinajstić information content (AvgIpc) is 3.25. The molecule has 9 heteroatoms. The van der Waals surface area contributed by atoms with Crippen LogP contribution in [0.5, 0.6) is 0 Å². The predicted molar refractivity (Wildman–Crippen MR) is 126 cm³/mol. The molecule has 0 aliphatic carbocycles. The Labute approximate surface area is 196 Å². The van der Waals surface area contributed by atoms with Crippen molar-refractivity contribution in [1.29, 1.82) is 0 Å². The number of tetrazole rings is 1. The van der Waals surface area contributed by atoms with Crippen LogP contribution in [0.1, 0.15) is 47.0 Å². The van der Waals surface area contributed by atoms with E-state index in [9.17, 15) is 14.3 Å². The molecule has 5 rings (SSSR count). The van der Waals surface area contributed by atoms with Gasteiger partial charge in [-0.25, -0.2) is 9.07 Å². The lowest BCUT2D eigenvalue weighted by Gasteiger charge is -2.35. The van der Waals surface area contributed by atoms with Gasteiger partial charge < -0.3 is 10.1 Å². The summed E-state index contributed by atoms with van der Waals surface area (Å²) in [4.78, 5) is 18.6. The Morgan fingerprint density at radius 3 is 2.62 bits per heavy atom. The molecule has 2 aromatic carbocycles. The summed E-state index contributed by atoms with van der Waals surface area (Å²) < 4.78 is 15.0. The van der Waals surface area contributed by atoms with Gasteiger partial charge in [0.1, 0.15) is 11.9 Å². The number of aliphatic hydroxyl groups is 1. The second kappa shape index (κ2) is 9.08. The minimum absolute atomic E-state index is 0.188. The first-order valence-corrected chi connectivity index (χ1v) is 11.5. The van der Waals surface area contributed by atoms with Crippen molar-refractivity contribution >= 4 is 10.9 Å². The van der Waals surface area contributed by atoms with E-state index in [0.717, 1.165) is 27.6 Å². The van der Waals surface area contributed by atoms with Crippen molar-refractivity contribution in [2.24, 2.45) is 0 Å². The molecule has 3 heterocycles. The molecule has 176 valence electrons. The molecule has 1 atom stereocenters. The smallest absolute Gasteiger partial charge is 0.253 e. The number of H-pyrrole nitrogens is 1. The molecule has 2 aromatic heterocycles. The topological polar surface area (TPSA) is 99.9 Å². The summed E-state index contributed by atoms with van der Waals surface area (Å²) in [6, 6.07) is 11.7. The van der Waals surface area contributed by atoms with Crippen molar-refractivity contribution in [1.82, 2.24) is 30.1 Å². The van der Waals surface area contributed by atoms with Crippen LogP contribution in [-0.4, -0.2) is 54.4 Å². The van der Waals surface area contributed by atoms with Crippen LogP contribution in [0.4, 0.5) is 4.39 Å². The molecule has 0 amide bonds. The van der Waals surface area contributed by atoms with Gasteiger partial charge in [0.15, 0.2) is 5.82 Å². The monoisotopic (exact) mass is 462 g/mol. The van der Waals surface area contributed by atoms with Crippen LogP contribution in [-0.2, 0) is 6.54 Å². The molecule has 1 aliphatic heterocycles. The molecule has 2 N–H and O–H groups in total. The van der Waals surface area contributed by atoms with Crippen molar-refractivity contribution in [2.45, 2.75) is 45.4 Å². The molecular formula is C25H27FN6O2. The maximum absolute atomic E-state index is 13.4. The van der Waals surface area contributed by atoms with E-state index in [1.807, 2.05) is 26.0 Å². The number of nitrogens with one attached hydrogen (secondary N) is 1. The number of aryl methyl sites for hydroxylation is 2. The number of aromatic nitrogens is 5. The number of aliphatic hydroxyl groups excluding tert-OH is 1. The maximum atomic E-state index is 13.4. The van der Waals surface area contributed by atoms with E-state index in [1.165, 1.54) is 12.1 Å². The molecule has 1 saturated heterocycles. The summed E-state index contributed by atoms with van der Waals surface area (Å²) >= 11 is 0. The molecule has 34 heavy (non-hydrogen) atoms. The van der Waals surface area contributed by atoms with Gasteiger partial charge in [-0.15, -0.1) is 5.10 Å². The number of halogens is 1. The van der Waals surface area contributed by atoms with Crippen molar-refractivity contribution in [3.8, 4) is 0 Å². The van der Waals surface area contributed by atoms with E-state index in [1.54, 1.807) is 16.8 Å². The number of fused-ring (bicyclic) bond motifs is 1. The number of nitrogens with zero attached hydrogens (tertiary/aromatic N) is 5. The number of benzene rings is 2. The normalized spacial score (nSPS) is 16.2. The molecule has 0 bridgehead atoms. The summed E-state index contributed by atoms with van der Waals surface area (Å²) in [7, 11) is 0. The highest BCUT2D eigenvalue weighted by molar-refractivity contribution is 5.83. The van der Waals surface area contributed by atoms with E-state index < -0.39 is 6.04 Å². The highest BCUT2D eigenvalue weighted by Gasteiger charge is 2.33. The van der Waals surface area contributed by atoms with Crippen LogP contribution in [0, 0.1) is 19.7 Å². The van der Waals surface area contributed by atoms with Gasteiger partial charge in [0, 0.05) is 18.7 Å². The molecule has 0 saturated carbocycles. The van der Waals surface area contributed by atoms with E-state index in [0.29, 0.717) is 43.9 Å². The number of rotatable bonds is 5. The SMILES string of the molecule is Cc1cc(C)c2[nH]c(=O)c([C@@H](c3nnnn3Cc3ccc(F)cc3)N3CCC(O)CC3)cc2c1. The van der Waals surface area contributed by atoms with Crippen molar-refractivity contribution < 1.29 is 9.50 Å². The third-order valence-electron chi connectivity index (χ3n) is 6.53. The molecule has 0 unspecified atom stereocenters. The van der Waals surface area contributed by atoms with E-state index in [2.05, 4.69) is 31.5 Å². The zero-order chi connectivity index (χ0) is 23.8. The highest BCUT2D eigenvalue weighted by Crippen LogP contribution is 2.30. The second-order valence-electron chi connectivity index (χ2n) is 9.09. The number of hydrogen-bond acceptors (Lipinski definition) is 6. The largest absolute Gasteiger partial charge is 0.393 e. The fourth-order valence-electron chi connectivity index (χ4n) is 4.83. The lowest BCUT2D eigenvalue weighted by molar-refractivity contribution is 0.0659. The zero-order valence-electron chi connectivity index (χ0n) is 19.2. The highest BCUT2D eigenvalue weighted by atomic mass is 19.1. The van der Waals surface area contributed by atoms with Gasteiger partial charge in [0.2, 0.25) is 0 Å². The molecule has 0 spiro atoms. The van der Waals surface area contributed by atoms with E-state index >= 15 is 0 Å². The van der Waals surface area contributed by atoms with Crippen LogP contribution in [0.2, 0.25) is 0 Å². The second-order valence-corrected chi connectivity index (χ2v) is 9.09. The molecule has 0 radical (unpaired) electrons. The van der Waals surface area contributed by atoms with Gasteiger partial charge in [-0.2, -0.15) is 0 Å². The van der Waals surface area contributed by atoms with Gasteiger partial charge in [0.25, 0.3) is 5.56 Å². The van der Waals surface area contributed by atoms with Gasteiger partial charge in [-0.3, -0.25) is 9.69 Å². The Morgan fingerprint density at radius 2 is 1.88 bits per heavy atom. The molecule has 4 aromatic rings. The number of aromatic amines is 1. The van der Waals surface area contributed by atoms with Crippen LogP contribution in [0.15, 0.2) is 47.3 Å². The fourth-order valence-corrected chi connectivity index (χ4v) is 4.83. The Bertz CT molecular complexity index is 1370. The standard InChI is InChI=1S/C25H27FN6O2/c1-15-11-16(2)22-18(12-15)13-21(25(34)27-22)23(31-9-7-20(33)8-10-31)24-28-29-30-32(24)14-17-3-5-19(26)6-4-17/h3-6,11-13,20,23,33H,7-10,14H2,1-2H3,(H,27,34)/t23-/m0/s1. The van der Waals surface area contributed by atoms with Gasteiger partial charge in [-0.05, 0) is 77.9 Å². The van der Waals surface area contributed by atoms with E-state index in [-0.39, 0.29) is 17.5 Å². The predicted octanol–water partition coefficient (Wildman–Crippen LogP) is 2.86. The lowest BCUT2D eigenvalue weighted by atomic mass is 9.98. The molecular weight excluding hydrogens is 435 g/mol. The van der Waals surface area contributed by atoms with Gasteiger partial charge in [-0.1, -0.05) is 23.8 Å². The van der Waals surface area contributed by atoms with Crippen molar-refractivity contribution in [3.05, 3.63) is 86.7 Å². The maximum Gasteiger partial charge on any atom is 0.253 e. The fraction of sp³-hybridized carbons (Fsp3) is 0.360. The lowest BCUT2D eigenvalue weighted by Crippen LogP contribution is -2.41. The van der Waals surface area contributed by atoms with Crippen molar-refractivity contribution in [2.75, 3.05) is 13.1 Å². The molecule has 8 nitrogen and oxygen atoms in total. The third-order valence-corrected chi connectivity index (χ3v) is 6.53. The van der Waals surface area contributed by atoms with Crippen LogP contribution < -0.4 is 5.56 Å². The minimum atomic E-state index is -0.489. The average molecular weight is 463 g/mol. The van der Waals surface area contributed by atoms with E-state index in [4.69, 9.17) is 0 Å². The number of pyridine rings is 1. The minimum Gasteiger partial charge on any atom is -0.393 e. The first kappa shape index (κ1) is 22.4. The molecule has 1 aliphatic rings. The summed E-state index contributed by atoms with van der Waals surface area (Å²) in [5.41, 5.74) is 4.16. The third kappa shape index (κ3) is 4.36. The Morgan fingerprint density at radius 1 is 1.15 bits per heavy atom. The van der Waals surface area contributed by atoms with Crippen LogP contribution in [0.3, 0.4) is 0 Å². The summed E-state index contributed by atoms with van der Waals surface area (Å²) in [6.07, 6.45) is 0.867. The van der Waals surface area contributed by atoms with Crippen LogP contribution in [0.25, 0.3) is 10.9 Å². The number of likely N-dealkylation sites (tertiary alicyclic amines) is 1. The molecule has 1 fully saturated rings. The van der Waals surface area contributed by atoms with Crippen LogP contribution >= 0.6 is 0 Å². The first-order chi connectivity index (χ1) is 16.4. The Hall–Kier alpha value is -3.43. The summed E-state index contributed by atoms with van der Waals surface area (Å²) in [5, 5.41) is 23.4. The zero-order valence-corrected chi connectivity index (χ0v) is 19.2. The summed E-state index contributed by atoms with van der Waals surface area (Å²) in [5.74, 6) is 0.230. The quantitative estimate of drug-likeness (QED) is 0.473. The Balaban J connectivity index is 1.62. The first-order valence-electron chi connectivity index (χ1n) is 11.5. The number of hydrogen-bond donors (Lipinski definition) is 2. The summed E-state index contributed by atoms with van der Waals surface area (Å²) in [6.45, 7) is 5.58.